The summed E-state index contributed by atoms with van der Waals surface area (Å²) in [5, 5.41) is 3.43. The van der Waals surface area contributed by atoms with Crippen molar-refractivity contribution in [3.63, 3.8) is 0 Å². The van der Waals surface area contributed by atoms with E-state index in [0.29, 0.717) is 12.1 Å². The topological polar surface area (TPSA) is 24.5 Å². The molecular formula is C14H30N2O. The Morgan fingerprint density at radius 1 is 1.18 bits per heavy atom. The van der Waals surface area contributed by atoms with Crippen molar-refractivity contribution in [1.82, 2.24) is 10.2 Å². The fourth-order valence-electron chi connectivity index (χ4n) is 2.36. The van der Waals surface area contributed by atoms with Gasteiger partial charge in [-0.3, -0.25) is 4.90 Å². The van der Waals surface area contributed by atoms with Gasteiger partial charge in [0.25, 0.3) is 0 Å². The average molecular weight is 242 g/mol. The van der Waals surface area contributed by atoms with E-state index in [-0.39, 0.29) is 0 Å². The molecule has 0 aliphatic carbocycles. The SMILES string of the molecule is CC(C)OCCN(CC1CCNCC1)C(C)C. The van der Waals surface area contributed by atoms with Gasteiger partial charge < -0.3 is 10.1 Å². The Balaban J connectivity index is 2.26. The summed E-state index contributed by atoms with van der Waals surface area (Å²) in [6.45, 7) is 14.3. The summed E-state index contributed by atoms with van der Waals surface area (Å²) >= 11 is 0. The van der Waals surface area contributed by atoms with Crippen LogP contribution in [0.1, 0.15) is 40.5 Å². The van der Waals surface area contributed by atoms with Gasteiger partial charge in [-0.1, -0.05) is 0 Å². The van der Waals surface area contributed by atoms with Crippen LogP contribution in [0.5, 0.6) is 0 Å². The molecule has 0 atom stereocenters. The van der Waals surface area contributed by atoms with Crippen LogP contribution < -0.4 is 5.32 Å². The lowest BCUT2D eigenvalue weighted by Crippen LogP contribution is -2.41. The zero-order valence-electron chi connectivity index (χ0n) is 12.0. The first-order valence-electron chi connectivity index (χ1n) is 7.16. The fourth-order valence-corrected chi connectivity index (χ4v) is 2.36. The summed E-state index contributed by atoms with van der Waals surface area (Å²) in [4.78, 5) is 2.57. The zero-order chi connectivity index (χ0) is 12.7. The number of piperidine rings is 1. The first-order chi connectivity index (χ1) is 8.09. The number of hydrogen-bond acceptors (Lipinski definition) is 3. The quantitative estimate of drug-likeness (QED) is 0.740. The van der Waals surface area contributed by atoms with Crippen LogP contribution in [-0.4, -0.2) is 49.8 Å². The zero-order valence-corrected chi connectivity index (χ0v) is 12.0. The molecule has 1 rings (SSSR count). The summed E-state index contributed by atoms with van der Waals surface area (Å²) in [5.41, 5.74) is 0. The van der Waals surface area contributed by atoms with Gasteiger partial charge in [0.15, 0.2) is 0 Å². The van der Waals surface area contributed by atoms with E-state index in [1.54, 1.807) is 0 Å². The lowest BCUT2D eigenvalue weighted by atomic mass is 9.97. The second-order valence-corrected chi connectivity index (χ2v) is 5.70. The lowest BCUT2D eigenvalue weighted by Gasteiger charge is -2.32. The van der Waals surface area contributed by atoms with Crippen molar-refractivity contribution in [3.05, 3.63) is 0 Å². The molecule has 1 aliphatic heterocycles. The summed E-state index contributed by atoms with van der Waals surface area (Å²) in [6.07, 6.45) is 3.01. The maximum Gasteiger partial charge on any atom is 0.0597 e. The molecule has 0 unspecified atom stereocenters. The molecule has 102 valence electrons. The van der Waals surface area contributed by atoms with Crippen LogP contribution >= 0.6 is 0 Å². The molecule has 3 nitrogen and oxygen atoms in total. The molecule has 0 aromatic rings. The van der Waals surface area contributed by atoms with Gasteiger partial charge in [0, 0.05) is 19.1 Å². The molecule has 0 saturated carbocycles. The fraction of sp³-hybridized carbons (Fsp3) is 1.00. The highest BCUT2D eigenvalue weighted by Crippen LogP contribution is 2.14. The Hall–Kier alpha value is -0.120. The van der Waals surface area contributed by atoms with Crippen molar-refractivity contribution >= 4 is 0 Å². The lowest BCUT2D eigenvalue weighted by molar-refractivity contribution is 0.0463. The van der Waals surface area contributed by atoms with Gasteiger partial charge in [-0.05, 0) is 59.5 Å². The molecule has 1 saturated heterocycles. The van der Waals surface area contributed by atoms with Crippen LogP contribution in [0.2, 0.25) is 0 Å². The minimum absolute atomic E-state index is 0.350. The normalized spacial score (nSPS) is 18.5. The molecule has 1 aliphatic rings. The second-order valence-electron chi connectivity index (χ2n) is 5.70. The molecule has 17 heavy (non-hydrogen) atoms. The molecule has 1 N–H and O–H groups in total. The van der Waals surface area contributed by atoms with Gasteiger partial charge in [-0.2, -0.15) is 0 Å². The van der Waals surface area contributed by atoms with Crippen LogP contribution in [-0.2, 0) is 4.74 Å². The Labute approximate surface area is 107 Å². The van der Waals surface area contributed by atoms with Crippen molar-refractivity contribution < 1.29 is 4.74 Å². The minimum Gasteiger partial charge on any atom is -0.377 e. The molecule has 0 bridgehead atoms. The van der Waals surface area contributed by atoms with Gasteiger partial charge in [-0.15, -0.1) is 0 Å². The molecule has 0 aromatic carbocycles. The van der Waals surface area contributed by atoms with Crippen molar-refractivity contribution in [1.29, 1.82) is 0 Å². The first-order valence-corrected chi connectivity index (χ1v) is 7.16. The highest BCUT2D eigenvalue weighted by molar-refractivity contribution is 4.74. The Kier molecular flexibility index (Phi) is 7.09. The largest absolute Gasteiger partial charge is 0.377 e. The number of nitrogens with zero attached hydrogens (tertiary/aromatic N) is 1. The Morgan fingerprint density at radius 2 is 1.82 bits per heavy atom. The molecule has 1 fully saturated rings. The third-order valence-corrected chi connectivity index (χ3v) is 3.51. The predicted octanol–water partition coefficient (Wildman–Crippen LogP) is 2.12. The number of hydrogen-bond donors (Lipinski definition) is 1. The molecular weight excluding hydrogens is 212 g/mol. The second kappa shape index (κ2) is 8.06. The molecule has 0 amide bonds. The summed E-state index contributed by atoms with van der Waals surface area (Å²) in [5.74, 6) is 0.873. The smallest absolute Gasteiger partial charge is 0.0597 e. The van der Waals surface area contributed by atoms with Gasteiger partial charge in [-0.25, -0.2) is 0 Å². The van der Waals surface area contributed by atoms with E-state index in [0.717, 1.165) is 19.1 Å². The third kappa shape index (κ3) is 6.39. The first kappa shape index (κ1) is 14.9. The van der Waals surface area contributed by atoms with E-state index >= 15 is 0 Å². The highest BCUT2D eigenvalue weighted by atomic mass is 16.5. The average Bonchev–Trinajstić information content (AvgIpc) is 2.28. The highest BCUT2D eigenvalue weighted by Gasteiger charge is 2.18. The maximum absolute atomic E-state index is 5.66. The Bertz CT molecular complexity index is 189. The number of nitrogens with one attached hydrogen (secondary N) is 1. The van der Waals surface area contributed by atoms with E-state index in [9.17, 15) is 0 Å². The van der Waals surface area contributed by atoms with E-state index in [2.05, 4.69) is 37.9 Å². The Morgan fingerprint density at radius 3 is 2.35 bits per heavy atom. The van der Waals surface area contributed by atoms with Gasteiger partial charge in [0.1, 0.15) is 0 Å². The van der Waals surface area contributed by atoms with Crippen molar-refractivity contribution in [2.75, 3.05) is 32.8 Å². The van der Waals surface area contributed by atoms with E-state index in [1.807, 2.05) is 0 Å². The van der Waals surface area contributed by atoms with Crippen LogP contribution in [0.4, 0.5) is 0 Å². The van der Waals surface area contributed by atoms with Gasteiger partial charge >= 0.3 is 0 Å². The van der Waals surface area contributed by atoms with Crippen LogP contribution in [0, 0.1) is 5.92 Å². The predicted molar refractivity (Wildman–Crippen MR) is 73.4 cm³/mol. The monoisotopic (exact) mass is 242 g/mol. The summed E-state index contributed by atoms with van der Waals surface area (Å²) < 4.78 is 5.66. The molecule has 1 heterocycles. The number of ether oxygens (including phenoxy) is 1. The van der Waals surface area contributed by atoms with Crippen LogP contribution in [0.3, 0.4) is 0 Å². The standard InChI is InChI=1S/C14H30N2O/c1-12(2)16(9-10-17-13(3)4)11-14-5-7-15-8-6-14/h12-15H,5-11H2,1-4H3. The van der Waals surface area contributed by atoms with Crippen molar-refractivity contribution in [3.8, 4) is 0 Å². The van der Waals surface area contributed by atoms with E-state index in [1.165, 1.54) is 32.5 Å². The van der Waals surface area contributed by atoms with Crippen molar-refractivity contribution in [2.24, 2.45) is 5.92 Å². The number of rotatable bonds is 7. The minimum atomic E-state index is 0.350. The van der Waals surface area contributed by atoms with Crippen LogP contribution in [0.25, 0.3) is 0 Å². The van der Waals surface area contributed by atoms with Crippen molar-refractivity contribution in [2.45, 2.75) is 52.7 Å². The molecule has 0 aromatic heterocycles. The van der Waals surface area contributed by atoms with E-state index in [4.69, 9.17) is 4.74 Å². The van der Waals surface area contributed by atoms with Gasteiger partial charge in [0.2, 0.25) is 0 Å². The van der Waals surface area contributed by atoms with Gasteiger partial charge in [0.05, 0.1) is 12.7 Å². The molecule has 3 heteroatoms. The molecule has 0 radical (unpaired) electrons. The summed E-state index contributed by atoms with van der Waals surface area (Å²) in [7, 11) is 0. The maximum atomic E-state index is 5.66. The summed E-state index contributed by atoms with van der Waals surface area (Å²) in [6, 6.07) is 0.626. The third-order valence-electron chi connectivity index (χ3n) is 3.51. The van der Waals surface area contributed by atoms with E-state index < -0.39 is 0 Å². The molecule has 0 spiro atoms. The van der Waals surface area contributed by atoms with Crippen LogP contribution in [0.15, 0.2) is 0 Å².